The van der Waals surface area contributed by atoms with Crippen LogP contribution in [0.15, 0.2) is 88.2 Å². The van der Waals surface area contributed by atoms with Gasteiger partial charge in [-0.25, -0.2) is 8.42 Å². The molecule has 0 aliphatic rings. The lowest BCUT2D eigenvalue weighted by Crippen LogP contribution is -2.40. The maximum atomic E-state index is 13.3. The Balaban J connectivity index is 1.78. The maximum absolute atomic E-state index is 13.3. The van der Waals surface area contributed by atoms with Gasteiger partial charge in [0.05, 0.1) is 16.7 Å². The molecular formula is C24H25BrN2O4S. The van der Waals surface area contributed by atoms with Crippen LogP contribution in [0, 0.1) is 0 Å². The number of carbonyl (C=O) groups excluding carboxylic acids is 1. The van der Waals surface area contributed by atoms with Crippen molar-refractivity contribution in [2.75, 3.05) is 10.8 Å². The van der Waals surface area contributed by atoms with E-state index in [0.717, 1.165) is 20.1 Å². The molecule has 168 valence electrons. The molecule has 6 nitrogen and oxygen atoms in total. The molecule has 3 aromatic rings. The Kier molecular flexibility index (Phi) is 7.93. The van der Waals surface area contributed by atoms with E-state index in [1.807, 2.05) is 38.1 Å². The number of amides is 1. The first kappa shape index (κ1) is 23.8. The number of carbonyl (C=O) groups is 1. The van der Waals surface area contributed by atoms with Gasteiger partial charge in [-0.15, -0.1) is 0 Å². The predicted octanol–water partition coefficient (Wildman–Crippen LogP) is 4.75. The van der Waals surface area contributed by atoms with Crippen LogP contribution in [0.4, 0.5) is 5.69 Å². The summed E-state index contributed by atoms with van der Waals surface area (Å²) >= 11 is 3.35. The Bertz CT molecular complexity index is 1150. The van der Waals surface area contributed by atoms with E-state index in [1.165, 1.54) is 12.1 Å². The van der Waals surface area contributed by atoms with Gasteiger partial charge >= 0.3 is 0 Å². The van der Waals surface area contributed by atoms with Crippen molar-refractivity contribution in [2.24, 2.45) is 0 Å². The first-order chi connectivity index (χ1) is 15.3. The molecule has 0 saturated heterocycles. The summed E-state index contributed by atoms with van der Waals surface area (Å²) in [6.45, 7) is 3.80. The van der Waals surface area contributed by atoms with Gasteiger partial charge in [-0.05, 0) is 67.9 Å². The molecule has 0 fully saturated rings. The third-order valence-electron chi connectivity index (χ3n) is 4.49. The molecule has 0 radical (unpaired) electrons. The van der Waals surface area contributed by atoms with Crippen molar-refractivity contribution < 1.29 is 17.9 Å². The average Bonchev–Trinajstić information content (AvgIpc) is 2.77. The zero-order valence-corrected chi connectivity index (χ0v) is 20.3. The van der Waals surface area contributed by atoms with Crippen LogP contribution in [-0.2, 0) is 21.4 Å². The second-order valence-corrected chi connectivity index (χ2v) is 10.2. The first-order valence-corrected chi connectivity index (χ1v) is 12.3. The number of hydrogen-bond donors (Lipinski definition) is 1. The zero-order valence-electron chi connectivity index (χ0n) is 17.9. The molecule has 0 bridgehead atoms. The highest BCUT2D eigenvalue weighted by Crippen LogP contribution is 2.25. The van der Waals surface area contributed by atoms with E-state index in [-0.39, 0.29) is 24.1 Å². The van der Waals surface area contributed by atoms with Crippen LogP contribution in [0.1, 0.15) is 19.4 Å². The number of nitrogens with one attached hydrogen (secondary N) is 1. The number of benzene rings is 3. The standard InChI is InChI=1S/C24H25BrN2O4S/c1-18(2)31-22-8-6-7-19(15-22)16-26-24(28)17-27(21-13-11-20(25)12-14-21)32(29,30)23-9-4-3-5-10-23/h3-15,18H,16-17H2,1-2H3,(H,26,28). The van der Waals surface area contributed by atoms with Crippen LogP contribution in [0.2, 0.25) is 0 Å². The van der Waals surface area contributed by atoms with Crippen LogP contribution in [0.5, 0.6) is 5.75 Å². The van der Waals surface area contributed by atoms with E-state index < -0.39 is 15.9 Å². The Morgan fingerprint density at radius 3 is 2.34 bits per heavy atom. The van der Waals surface area contributed by atoms with E-state index in [0.29, 0.717) is 5.69 Å². The van der Waals surface area contributed by atoms with E-state index >= 15 is 0 Å². The molecule has 3 aromatic carbocycles. The van der Waals surface area contributed by atoms with E-state index in [4.69, 9.17) is 4.74 Å². The molecule has 32 heavy (non-hydrogen) atoms. The molecule has 3 rings (SSSR count). The smallest absolute Gasteiger partial charge is 0.264 e. The normalized spacial score (nSPS) is 11.2. The molecule has 0 heterocycles. The fourth-order valence-electron chi connectivity index (χ4n) is 3.03. The molecule has 1 amide bonds. The second-order valence-electron chi connectivity index (χ2n) is 7.39. The number of nitrogens with zero attached hydrogens (tertiary/aromatic N) is 1. The number of halogens is 1. The van der Waals surface area contributed by atoms with Crippen LogP contribution in [0.25, 0.3) is 0 Å². The largest absolute Gasteiger partial charge is 0.491 e. The van der Waals surface area contributed by atoms with Gasteiger partial charge in [0.1, 0.15) is 12.3 Å². The van der Waals surface area contributed by atoms with Crippen LogP contribution in [-0.4, -0.2) is 27.0 Å². The minimum absolute atomic E-state index is 0.0440. The van der Waals surface area contributed by atoms with Crippen molar-refractivity contribution in [1.82, 2.24) is 5.32 Å². The van der Waals surface area contributed by atoms with Crippen molar-refractivity contribution in [3.63, 3.8) is 0 Å². The fraction of sp³-hybridized carbons (Fsp3) is 0.208. The SMILES string of the molecule is CC(C)Oc1cccc(CNC(=O)CN(c2ccc(Br)cc2)S(=O)(=O)c2ccccc2)c1. The second kappa shape index (κ2) is 10.7. The van der Waals surface area contributed by atoms with Crippen LogP contribution >= 0.6 is 15.9 Å². The van der Waals surface area contributed by atoms with E-state index in [1.54, 1.807) is 42.5 Å². The Hall–Kier alpha value is -2.84. The summed E-state index contributed by atoms with van der Waals surface area (Å²) in [7, 11) is -3.93. The van der Waals surface area contributed by atoms with E-state index in [2.05, 4.69) is 21.2 Å². The monoisotopic (exact) mass is 516 g/mol. The Morgan fingerprint density at radius 2 is 1.69 bits per heavy atom. The van der Waals surface area contributed by atoms with Gasteiger partial charge in [0.2, 0.25) is 5.91 Å². The molecule has 0 aliphatic carbocycles. The van der Waals surface area contributed by atoms with Gasteiger partial charge in [0.15, 0.2) is 0 Å². The van der Waals surface area contributed by atoms with E-state index in [9.17, 15) is 13.2 Å². The van der Waals surface area contributed by atoms with Crippen molar-refractivity contribution in [3.8, 4) is 5.75 Å². The number of ether oxygens (including phenoxy) is 1. The molecule has 0 aliphatic heterocycles. The Morgan fingerprint density at radius 1 is 1.00 bits per heavy atom. The van der Waals surface area contributed by atoms with Gasteiger partial charge in [-0.1, -0.05) is 46.3 Å². The lowest BCUT2D eigenvalue weighted by atomic mass is 10.2. The lowest BCUT2D eigenvalue weighted by Gasteiger charge is -2.24. The van der Waals surface area contributed by atoms with Gasteiger partial charge in [0.25, 0.3) is 10.0 Å². The summed E-state index contributed by atoms with van der Waals surface area (Å²) < 4.78 is 34.2. The van der Waals surface area contributed by atoms with Gasteiger partial charge < -0.3 is 10.1 Å². The number of rotatable bonds is 9. The minimum Gasteiger partial charge on any atom is -0.491 e. The minimum atomic E-state index is -3.93. The van der Waals surface area contributed by atoms with Crippen molar-refractivity contribution >= 4 is 37.5 Å². The Labute approximate surface area is 197 Å². The molecule has 0 atom stereocenters. The summed E-state index contributed by atoms with van der Waals surface area (Å²) in [5.74, 6) is 0.303. The van der Waals surface area contributed by atoms with Crippen LogP contribution < -0.4 is 14.4 Å². The summed E-state index contributed by atoms with van der Waals surface area (Å²) in [5.41, 5.74) is 1.26. The predicted molar refractivity (Wildman–Crippen MR) is 129 cm³/mol. The van der Waals surface area contributed by atoms with Crippen molar-refractivity contribution in [3.05, 3.63) is 88.9 Å². The highest BCUT2D eigenvalue weighted by atomic mass is 79.9. The molecule has 0 aromatic heterocycles. The summed E-state index contributed by atoms with van der Waals surface area (Å²) in [5, 5.41) is 2.80. The quantitative estimate of drug-likeness (QED) is 0.445. The van der Waals surface area contributed by atoms with Crippen molar-refractivity contribution in [2.45, 2.75) is 31.4 Å². The topological polar surface area (TPSA) is 75.7 Å². The summed E-state index contributed by atoms with van der Waals surface area (Å²) in [4.78, 5) is 12.9. The third kappa shape index (κ3) is 6.34. The first-order valence-electron chi connectivity index (χ1n) is 10.1. The number of anilines is 1. The summed E-state index contributed by atoms with van der Waals surface area (Å²) in [6.07, 6.45) is 0.0440. The number of hydrogen-bond acceptors (Lipinski definition) is 4. The van der Waals surface area contributed by atoms with Crippen molar-refractivity contribution in [1.29, 1.82) is 0 Å². The molecule has 0 unspecified atom stereocenters. The molecule has 0 saturated carbocycles. The van der Waals surface area contributed by atoms with Gasteiger partial charge in [-0.3, -0.25) is 9.10 Å². The molecule has 1 N–H and O–H groups in total. The number of sulfonamides is 1. The fourth-order valence-corrected chi connectivity index (χ4v) is 4.74. The summed E-state index contributed by atoms with van der Waals surface area (Å²) in [6, 6.07) is 22.3. The molecule has 0 spiro atoms. The highest BCUT2D eigenvalue weighted by Gasteiger charge is 2.27. The maximum Gasteiger partial charge on any atom is 0.264 e. The van der Waals surface area contributed by atoms with Gasteiger partial charge in [0, 0.05) is 11.0 Å². The molecular weight excluding hydrogens is 492 g/mol. The lowest BCUT2D eigenvalue weighted by molar-refractivity contribution is -0.119. The average molecular weight is 517 g/mol. The third-order valence-corrected chi connectivity index (χ3v) is 6.81. The molecule has 8 heteroatoms. The zero-order chi connectivity index (χ0) is 23.1. The van der Waals surface area contributed by atoms with Crippen LogP contribution in [0.3, 0.4) is 0 Å². The highest BCUT2D eigenvalue weighted by molar-refractivity contribution is 9.10. The van der Waals surface area contributed by atoms with Gasteiger partial charge in [-0.2, -0.15) is 0 Å².